The highest BCUT2D eigenvalue weighted by Crippen LogP contribution is 2.29. The highest BCUT2D eigenvalue weighted by Gasteiger charge is 2.37. The van der Waals surface area contributed by atoms with Crippen molar-refractivity contribution in [2.45, 2.75) is 44.4 Å². The molecule has 100 valence electrons. The topological polar surface area (TPSA) is 41.5 Å². The predicted molar refractivity (Wildman–Crippen MR) is 72.5 cm³/mol. The van der Waals surface area contributed by atoms with E-state index in [1.165, 1.54) is 12.8 Å². The van der Waals surface area contributed by atoms with Crippen molar-refractivity contribution in [3.63, 3.8) is 0 Å². The van der Waals surface area contributed by atoms with Crippen molar-refractivity contribution in [3.05, 3.63) is 35.9 Å². The molecule has 0 saturated heterocycles. The van der Waals surface area contributed by atoms with Crippen LogP contribution in [0.1, 0.15) is 32.3 Å². The van der Waals surface area contributed by atoms with Crippen LogP contribution in [0.2, 0.25) is 0 Å². The van der Waals surface area contributed by atoms with E-state index in [0.717, 1.165) is 5.56 Å². The Morgan fingerprint density at radius 2 is 2.00 bits per heavy atom. The van der Waals surface area contributed by atoms with Gasteiger partial charge in [0.15, 0.2) is 0 Å². The molecule has 3 heteroatoms. The highest BCUT2D eigenvalue weighted by molar-refractivity contribution is 5.25. The maximum atomic E-state index is 9.88. The standard InChI is InChI=1S/C15H23NO2/c1-12(2)18-11-15(10-17,16-14-8-9-14)13-6-4-3-5-7-13/h3-7,12,14,16-17H,8-11H2,1-2H3. The van der Waals surface area contributed by atoms with Gasteiger partial charge in [0, 0.05) is 6.04 Å². The first-order valence-corrected chi connectivity index (χ1v) is 6.72. The fraction of sp³-hybridized carbons (Fsp3) is 0.600. The van der Waals surface area contributed by atoms with E-state index < -0.39 is 5.54 Å². The Morgan fingerprint density at radius 1 is 1.33 bits per heavy atom. The largest absolute Gasteiger partial charge is 0.394 e. The molecule has 1 aromatic carbocycles. The highest BCUT2D eigenvalue weighted by atomic mass is 16.5. The Hall–Kier alpha value is -0.900. The van der Waals surface area contributed by atoms with Crippen molar-refractivity contribution in [1.82, 2.24) is 5.32 Å². The van der Waals surface area contributed by atoms with Crippen molar-refractivity contribution in [1.29, 1.82) is 0 Å². The second kappa shape index (κ2) is 5.83. The third-order valence-electron chi connectivity index (χ3n) is 3.32. The SMILES string of the molecule is CC(C)OCC(CO)(NC1CC1)c1ccccc1. The van der Waals surface area contributed by atoms with Gasteiger partial charge in [0.25, 0.3) is 0 Å². The van der Waals surface area contributed by atoms with Crippen molar-refractivity contribution in [2.24, 2.45) is 0 Å². The van der Waals surface area contributed by atoms with Gasteiger partial charge in [0.2, 0.25) is 0 Å². The van der Waals surface area contributed by atoms with E-state index in [1.807, 2.05) is 32.0 Å². The third kappa shape index (κ3) is 3.31. The number of aliphatic hydroxyl groups is 1. The van der Waals surface area contributed by atoms with E-state index in [-0.39, 0.29) is 12.7 Å². The summed E-state index contributed by atoms with van der Waals surface area (Å²) < 4.78 is 5.76. The number of rotatable bonds is 7. The summed E-state index contributed by atoms with van der Waals surface area (Å²) in [6, 6.07) is 10.6. The van der Waals surface area contributed by atoms with Crippen LogP contribution in [0, 0.1) is 0 Å². The zero-order valence-electron chi connectivity index (χ0n) is 11.2. The van der Waals surface area contributed by atoms with Crippen LogP contribution in [0.5, 0.6) is 0 Å². The summed E-state index contributed by atoms with van der Waals surface area (Å²) in [6.45, 7) is 4.59. The molecule has 1 atom stereocenters. The van der Waals surface area contributed by atoms with Gasteiger partial charge in [-0.05, 0) is 32.3 Å². The van der Waals surface area contributed by atoms with Gasteiger partial charge in [-0.2, -0.15) is 0 Å². The molecule has 0 aliphatic heterocycles. The van der Waals surface area contributed by atoms with Gasteiger partial charge in [-0.15, -0.1) is 0 Å². The quantitative estimate of drug-likeness (QED) is 0.777. The van der Waals surface area contributed by atoms with Crippen molar-refractivity contribution >= 4 is 0 Å². The van der Waals surface area contributed by atoms with Gasteiger partial charge in [-0.1, -0.05) is 30.3 Å². The fourth-order valence-electron chi connectivity index (χ4n) is 2.08. The van der Waals surface area contributed by atoms with Crippen LogP contribution in [0.4, 0.5) is 0 Å². The van der Waals surface area contributed by atoms with Gasteiger partial charge in [0.1, 0.15) is 0 Å². The monoisotopic (exact) mass is 249 g/mol. The molecule has 18 heavy (non-hydrogen) atoms. The Balaban J connectivity index is 2.18. The molecule has 1 fully saturated rings. The smallest absolute Gasteiger partial charge is 0.0908 e. The molecule has 2 N–H and O–H groups in total. The predicted octanol–water partition coefficient (Wildman–Crippen LogP) is 2.05. The maximum Gasteiger partial charge on any atom is 0.0908 e. The van der Waals surface area contributed by atoms with E-state index in [9.17, 15) is 5.11 Å². The lowest BCUT2D eigenvalue weighted by molar-refractivity contribution is 0.00197. The zero-order chi connectivity index (χ0) is 13.0. The lowest BCUT2D eigenvalue weighted by Gasteiger charge is -2.34. The van der Waals surface area contributed by atoms with Crippen molar-refractivity contribution in [2.75, 3.05) is 13.2 Å². The molecule has 1 unspecified atom stereocenters. The Bertz CT molecular complexity index is 362. The maximum absolute atomic E-state index is 9.88. The molecule has 0 heterocycles. The average Bonchev–Trinajstić information content (AvgIpc) is 3.19. The van der Waals surface area contributed by atoms with Gasteiger partial charge in [-0.3, -0.25) is 0 Å². The first-order chi connectivity index (χ1) is 8.66. The number of hydrogen-bond donors (Lipinski definition) is 2. The normalized spacial score (nSPS) is 18.9. The van der Waals surface area contributed by atoms with Crippen molar-refractivity contribution in [3.8, 4) is 0 Å². The third-order valence-corrected chi connectivity index (χ3v) is 3.32. The first-order valence-electron chi connectivity index (χ1n) is 6.72. The average molecular weight is 249 g/mol. The molecule has 2 rings (SSSR count). The number of aliphatic hydroxyl groups excluding tert-OH is 1. The van der Waals surface area contributed by atoms with Crippen LogP contribution in [0.3, 0.4) is 0 Å². The van der Waals surface area contributed by atoms with Crippen LogP contribution in [-0.4, -0.2) is 30.5 Å². The number of benzene rings is 1. The van der Waals surface area contributed by atoms with Crippen LogP contribution in [-0.2, 0) is 10.3 Å². The van der Waals surface area contributed by atoms with Crippen LogP contribution in [0.15, 0.2) is 30.3 Å². The summed E-state index contributed by atoms with van der Waals surface area (Å²) in [5.74, 6) is 0. The lowest BCUT2D eigenvalue weighted by Crippen LogP contribution is -2.51. The first kappa shape index (κ1) is 13.5. The van der Waals surface area contributed by atoms with Crippen LogP contribution < -0.4 is 5.32 Å². The lowest BCUT2D eigenvalue weighted by atomic mass is 9.91. The molecule has 1 aromatic rings. The molecule has 1 aliphatic rings. The number of hydrogen-bond acceptors (Lipinski definition) is 3. The molecule has 0 aromatic heterocycles. The van der Waals surface area contributed by atoms with Crippen LogP contribution >= 0.6 is 0 Å². The minimum absolute atomic E-state index is 0.0558. The van der Waals surface area contributed by atoms with Gasteiger partial charge >= 0.3 is 0 Å². The summed E-state index contributed by atoms with van der Waals surface area (Å²) in [4.78, 5) is 0. The zero-order valence-corrected chi connectivity index (χ0v) is 11.2. The van der Waals surface area contributed by atoms with Gasteiger partial charge < -0.3 is 15.2 Å². The van der Waals surface area contributed by atoms with Crippen LogP contribution in [0.25, 0.3) is 0 Å². The van der Waals surface area contributed by atoms with E-state index in [1.54, 1.807) is 0 Å². The van der Waals surface area contributed by atoms with E-state index in [4.69, 9.17) is 4.74 Å². The summed E-state index contributed by atoms with van der Waals surface area (Å²) >= 11 is 0. The Morgan fingerprint density at radius 3 is 2.50 bits per heavy atom. The Kier molecular flexibility index (Phi) is 4.38. The van der Waals surface area contributed by atoms with Crippen molar-refractivity contribution < 1.29 is 9.84 Å². The number of nitrogens with one attached hydrogen (secondary N) is 1. The molecule has 0 spiro atoms. The molecule has 0 amide bonds. The van der Waals surface area contributed by atoms with Gasteiger partial charge in [0.05, 0.1) is 24.9 Å². The molecular formula is C15H23NO2. The second-order valence-electron chi connectivity index (χ2n) is 5.38. The van der Waals surface area contributed by atoms with E-state index in [2.05, 4.69) is 17.4 Å². The summed E-state index contributed by atoms with van der Waals surface area (Å²) in [6.07, 6.45) is 2.55. The molecular weight excluding hydrogens is 226 g/mol. The van der Waals surface area contributed by atoms with E-state index >= 15 is 0 Å². The summed E-state index contributed by atoms with van der Waals surface area (Å²) in [5.41, 5.74) is 0.632. The van der Waals surface area contributed by atoms with E-state index in [0.29, 0.717) is 12.6 Å². The minimum atomic E-state index is -0.466. The molecule has 0 bridgehead atoms. The Labute approximate surface area is 109 Å². The summed E-state index contributed by atoms with van der Waals surface area (Å²) in [5, 5.41) is 13.4. The molecule has 1 saturated carbocycles. The molecule has 1 aliphatic carbocycles. The fourth-order valence-corrected chi connectivity index (χ4v) is 2.08. The number of ether oxygens (including phenoxy) is 1. The molecule has 3 nitrogen and oxygen atoms in total. The molecule has 0 radical (unpaired) electrons. The van der Waals surface area contributed by atoms with Gasteiger partial charge in [-0.25, -0.2) is 0 Å². The summed E-state index contributed by atoms with van der Waals surface area (Å²) in [7, 11) is 0. The second-order valence-corrected chi connectivity index (χ2v) is 5.38. The minimum Gasteiger partial charge on any atom is -0.394 e.